The summed E-state index contributed by atoms with van der Waals surface area (Å²) in [5.74, 6) is 0. The summed E-state index contributed by atoms with van der Waals surface area (Å²) in [6, 6.07) is 91.0. The first-order valence-electron chi connectivity index (χ1n) is 25.3. The van der Waals surface area contributed by atoms with E-state index >= 15 is 0 Å². The summed E-state index contributed by atoms with van der Waals surface area (Å²) in [5, 5.41) is 15.0. The van der Waals surface area contributed by atoms with Crippen LogP contribution in [0.3, 0.4) is 0 Å². The Balaban J connectivity index is 0.976. The molecule has 0 bridgehead atoms. The van der Waals surface area contributed by atoms with Gasteiger partial charge in [0, 0.05) is 61.2 Å². The zero-order chi connectivity index (χ0) is 49.7. The second-order valence-electron chi connectivity index (χ2n) is 19.4. The summed E-state index contributed by atoms with van der Waals surface area (Å²) < 4.78 is 4.65. The molecular weight excluding hydrogens is 912 g/mol. The smallest absolute Gasteiger partial charge is 0.252 e. The van der Waals surface area contributed by atoms with Gasteiger partial charge in [0.05, 0.1) is 51.6 Å². The van der Waals surface area contributed by atoms with Gasteiger partial charge in [-0.1, -0.05) is 140 Å². The highest BCUT2D eigenvalue weighted by Gasteiger charge is 2.43. The Hall–Kier alpha value is -10.3. The average Bonchev–Trinajstić information content (AvgIpc) is 4.05. The van der Waals surface area contributed by atoms with Crippen molar-refractivity contribution < 1.29 is 0 Å². The van der Waals surface area contributed by atoms with E-state index in [4.69, 9.17) is 6.57 Å². The highest BCUT2D eigenvalue weighted by atomic mass is 15.2. The van der Waals surface area contributed by atoms with Crippen LogP contribution in [0.15, 0.2) is 249 Å². The summed E-state index contributed by atoms with van der Waals surface area (Å²) in [6.07, 6.45) is 0. The number of hydrogen-bond donors (Lipinski definition) is 0. The van der Waals surface area contributed by atoms with E-state index in [0.29, 0.717) is 11.3 Å². The zero-order valence-electron chi connectivity index (χ0n) is 40.4. The van der Waals surface area contributed by atoms with Crippen molar-refractivity contribution in [1.82, 2.24) is 9.13 Å². The van der Waals surface area contributed by atoms with Gasteiger partial charge < -0.3 is 18.9 Å². The third kappa shape index (κ3) is 6.32. The molecule has 346 valence electrons. The second kappa shape index (κ2) is 16.6. The molecule has 4 heterocycles. The van der Waals surface area contributed by atoms with Gasteiger partial charge in [-0.2, -0.15) is 5.26 Å². The first-order valence-corrected chi connectivity index (χ1v) is 25.3. The molecular formula is C68H41BN6. The standard InChI is InChI=1S/C68H41BN6/c1-71-47-34-37-63(74-58-27-13-8-22-50(58)51-23-9-14-28-59(51)74)55(42-47)53-38-44(43-70)32-35-61(53)75-60-29-15-10-24-52(60)54-39-45(33-36-62(54)75)46-40-66-68-67(41-46)73(49-20-6-3-7-21-49)65-31-17-12-26-57(65)69(68)56-25-11-16-30-64(56)72(66)48-18-4-2-5-19-48/h2-42H. The van der Waals surface area contributed by atoms with Crippen molar-refractivity contribution in [2.45, 2.75) is 0 Å². The van der Waals surface area contributed by atoms with Gasteiger partial charge in [-0.3, -0.25) is 0 Å². The Morgan fingerprint density at radius 3 is 1.39 bits per heavy atom. The largest absolute Gasteiger partial charge is 0.311 e. The molecule has 6 nitrogen and oxygen atoms in total. The molecule has 2 aliphatic heterocycles. The number of aromatic nitrogens is 2. The van der Waals surface area contributed by atoms with Crippen molar-refractivity contribution in [2.75, 3.05) is 9.80 Å². The third-order valence-electron chi connectivity index (χ3n) is 15.5. The average molecular weight is 953 g/mol. The van der Waals surface area contributed by atoms with Crippen molar-refractivity contribution in [3.8, 4) is 39.7 Å². The number of anilines is 6. The van der Waals surface area contributed by atoms with Crippen LogP contribution < -0.4 is 26.2 Å². The molecule has 0 radical (unpaired) electrons. The highest BCUT2D eigenvalue weighted by Crippen LogP contribution is 2.48. The molecule has 7 heteroatoms. The molecule has 0 spiro atoms. The minimum atomic E-state index is 0.0180. The maximum absolute atomic E-state index is 10.5. The maximum Gasteiger partial charge on any atom is 0.252 e. The van der Waals surface area contributed by atoms with Gasteiger partial charge in [-0.05, 0) is 142 Å². The van der Waals surface area contributed by atoms with Gasteiger partial charge in [-0.25, -0.2) is 4.85 Å². The first kappa shape index (κ1) is 42.4. The molecule has 0 fully saturated rings. The molecule has 15 rings (SSSR count). The van der Waals surface area contributed by atoms with Crippen molar-refractivity contribution >= 4 is 107 Å². The van der Waals surface area contributed by atoms with Crippen LogP contribution >= 0.6 is 0 Å². The molecule has 2 aliphatic rings. The fourth-order valence-corrected chi connectivity index (χ4v) is 12.4. The lowest BCUT2D eigenvalue weighted by molar-refractivity contribution is 1.16. The zero-order valence-corrected chi connectivity index (χ0v) is 40.4. The summed E-state index contributed by atoms with van der Waals surface area (Å²) in [4.78, 5) is 8.87. The number of fused-ring (bicyclic) bond motifs is 10. The SMILES string of the molecule is [C-]#[N+]c1ccc(-n2c3ccccc3c3ccccc32)c(-c2cc(C#N)ccc2-n2c3ccccc3c3cc(-c4cc5c6c(c4)N(c4ccccc4)c4ccccc4B6c4ccccc4N5c4ccccc4)ccc32)c1. The fraction of sp³-hybridized carbons (Fsp3) is 0. The third-order valence-corrected chi connectivity index (χ3v) is 15.5. The highest BCUT2D eigenvalue weighted by molar-refractivity contribution is 7.00. The minimum absolute atomic E-state index is 0.0180. The molecule has 0 atom stereocenters. The maximum atomic E-state index is 10.5. The van der Waals surface area contributed by atoms with Gasteiger partial charge in [0.1, 0.15) is 0 Å². The first-order chi connectivity index (χ1) is 37.1. The molecule has 0 saturated carbocycles. The summed E-state index contributed by atoms with van der Waals surface area (Å²) in [6.45, 7) is 8.23. The molecule has 75 heavy (non-hydrogen) atoms. The van der Waals surface area contributed by atoms with Crippen molar-refractivity contribution in [3.63, 3.8) is 0 Å². The van der Waals surface area contributed by atoms with Gasteiger partial charge in [0.2, 0.25) is 0 Å². The number of rotatable bonds is 6. The molecule has 0 amide bonds. The van der Waals surface area contributed by atoms with Gasteiger partial charge in [0.25, 0.3) is 6.71 Å². The van der Waals surface area contributed by atoms with Gasteiger partial charge >= 0.3 is 0 Å². The normalized spacial score (nSPS) is 12.4. The molecule has 0 aliphatic carbocycles. The minimum Gasteiger partial charge on any atom is -0.311 e. The Morgan fingerprint density at radius 1 is 0.373 bits per heavy atom. The van der Waals surface area contributed by atoms with Crippen molar-refractivity contribution in [1.29, 1.82) is 5.26 Å². The van der Waals surface area contributed by atoms with Crippen LogP contribution in [0.5, 0.6) is 0 Å². The fourth-order valence-electron chi connectivity index (χ4n) is 12.4. The summed E-state index contributed by atoms with van der Waals surface area (Å²) in [7, 11) is 0. The van der Waals surface area contributed by atoms with E-state index in [0.717, 1.165) is 100.0 Å². The number of hydrogen-bond acceptors (Lipinski definition) is 3. The van der Waals surface area contributed by atoms with E-state index in [9.17, 15) is 5.26 Å². The Kier molecular flexibility index (Phi) is 9.38. The van der Waals surface area contributed by atoms with Crippen LogP contribution in [0, 0.1) is 17.9 Å². The monoisotopic (exact) mass is 952 g/mol. The van der Waals surface area contributed by atoms with E-state index in [1.165, 1.54) is 27.8 Å². The van der Waals surface area contributed by atoms with Gasteiger partial charge in [0.15, 0.2) is 5.69 Å². The molecule has 11 aromatic carbocycles. The van der Waals surface area contributed by atoms with Crippen molar-refractivity contribution in [3.05, 3.63) is 266 Å². The lowest BCUT2D eigenvalue weighted by Crippen LogP contribution is -2.61. The summed E-state index contributed by atoms with van der Waals surface area (Å²) >= 11 is 0. The van der Waals surface area contributed by atoms with Crippen LogP contribution in [-0.4, -0.2) is 15.8 Å². The number of nitrogens with zero attached hydrogens (tertiary/aromatic N) is 6. The van der Waals surface area contributed by atoms with Crippen LogP contribution in [0.2, 0.25) is 0 Å². The van der Waals surface area contributed by atoms with E-state index < -0.39 is 0 Å². The van der Waals surface area contributed by atoms with Crippen molar-refractivity contribution in [2.24, 2.45) is 0 Å². The topological polar surface area (TPSA) is 44.5 Å². The van der Waals surface area contributed by atoms with Crippen LogP contribution in [-0.2, 0) is 0 Å². The predicted octanol–water partition coefficient (Wildman–Crippen LogP) is 15.7. The summed E-state index contributed by atoms with van der Waals surface area (Å²) in [5.41, 5.74) is 21.7. The molecule has 2 aromatic heterocycles. The predicted molar refractivity (Wildman–Crippen MR) is 311 cm³/mol. The molecule has 0 N–H and O–H groups in total. The van der Waals surface area contributed by atoms with Gasteiger partial charge in [-0.15, -0.1) is 0 Å². The lowest BCUT2D eigenvalue weighted by Gasteiger charge is -2.44. The van der Waals surface area contributed by atoms with Crippen LogP contribution in [0.4, 0.5) is 39.8 Å². The van der Waals surface area contributed by atoms with E-state index in [1.807, 2.05) is 24.3 Å². The van der Waals surface area contributed by atoms with E-state index in [2.05, 4.69) is 254 Å². The molecule has 13 aromatic rings. The second-order valence-corrected chi connectivity index (χ2v) is 19.4. The van der Waals surface area contributed by atoms with E-state index in [1.54, 1.807) is 0 Å². The Morgan fingerprint density at radius 2 is 0.840 bits per heavy atom. The quantitative estimate of drug-likeness (QED) is 0.123. The lowest BCUT2D eigenvalue weighted by atomic mass is 9.33. The Labute approximate surface area is 434 Å². The van der Waals surface area contributed by atoms with Crippen LogP contribution in [0.25, 0.3) is 82.1 Å². The number of para-hydroxylation sites is 7. The number of nitriles is 1. The molecule has 0 unspecified atom stereocenters. The van der Waals surface area contributed by atoms with E-state index in [-0.39, 0.29) is 6.71 Å². The molecule has 0 saturated heterocycles. The number of benzene rings is 11. The van der Waals surface area contributed by atoms with Crippen LogP contribution in [0.1, 0.15) is 5.56 Å². The Bertz CT molecular complexity index is 4430.